The van der Waals surface area contributed by atoms with Gasteiger partial charge in [0.1, 0.15) is 0 Å². The predicted octanol–water partition coefficient (Wildman–Crippen LogP) is 26.5. The van der Waals surface area contributed by atoms with Gasteiger partial charge in [-0.3, -0.25) is 9.59 Å². The molecule has 0 aliphatic heterocycles. The molecule has 0 aromatic carbocycles. The Morgan fingerprint density at radius 1 is 0.279 bits per heavy atom. The lowest BCUT2D eigenvalue weighted by molar-refractivity contribution is -0.143. The molecule has 0 heterocycles. The molecule has 6 nitrogen and oxygen atoms in total. The molecule has 0 spiro atoms. The van der Waals surface area contributed by atoms with Gasteiger partial charge < -0.3 is 20.3 Å². The van der Waals surface area contributed by atoms with Crippen molar-refractivity contribution in [2.75, 3.05) is 13.2 Å². The Kier molecular flexibility index (Phi) is 75.3. The highest BCUT2D eigenvalue weighted by atomic mass is 16.5. The van der Waals surface area contributed by atoms with Gasteiger partial charge in [-0.25, -0.2) is 0 Å². The van der Waals surface area contributed by atoms with Crippen LogP contribution in [0.2, 0.25) is 0 Å². The maximum Gasteiger partial charge on any atom is 0.305 e. The average Bonchev–Trinajstić information content (AvgIpc) is 3.52. The number of aliphatic hydroxyl groups excluding tert-OH is 2. The molecule has 1 amide bonds. The first-order chi connectivity index (χ1) is 42.5. The van der Waals surface area contributed by atoms with Gasteiger partial charge in [-0.1, -0.05) is 438 Å². The van der Waals surface area contributed by atoms with Crippen molar-refractivity contribution in [3.05, 3.63) is 0 Å². The maximum absolute atomic E-state index is 12.6. The summed E-state index contributed by atoms with van der Waals surface area (Å²) in [6.07, 6.45) is 94.9. The number of rotatable bonds is 77. The van der Waals surface area contributed by atoms with Crippen LogP contribution >= 0.6 is 0 Å². The van der Waals surface area contributed by atoms with E-state index in [4.69, 9.17) is 4.74 Å². The van der Waals surface area contributed by atoms with Crippen LogP contribution in [0.15, 0.2) is 0 Å². The van der Waals surface area contributed by atoms with E-state index < -0.39 is 12.1 Å². The molecule has 0 fully saturated rings. The van der Waals surface area contributed by atoms with Crippen LogP contribution in [0.25, 0.3) is 0 Å². The van der Waals surface area contributed by atoms with Crippen LogP contribution in [-0.4, -0.2) is 47.4 Å². The summed E-state index contributed by atoms with van der Waals surface area (Å²) in [5.74, 6) is 0.00217. The Hall–Kier alpha value is -1.14. The van der Waals surface area contributed by atoms with Crippen LogP contribution in [0.4, 0.5) is 0 Å². The van der Waals surface area contributed by atoms with Gasteiger partial charge in [-0.05, 0) is 25.7 Å². The first-order valence-electron chi connectivity index (χ1n) is 40.3. The van der Waals surface area contributed by atoms with Crippen molar-refractivity contribution in [1.29, 1.82) is 0 Å². The summed E-state index contributed by atoms with van der Waals surface area (Å²) < 4.78 is 5.51. The van der Waals surface area contributed by atoms with E-state index in [9.17, 15) is 19.8 Å². The molecule has 6 heteroatoms. The Morgan fingerprint density at radius 3 is 0.709 bits per heavy atom. The Balaban J connectivity index is 3.31. The van der Waals surface area contributed by atoms with E-state index in [2.05, 4.69) is 19.2 Å². The average molecular weight is 1220 g/mol. The molecule has 0 aromatic rings. The number of hydrogen-bond donors (Lipinski definition) is 3. The Morgan fingerprint density at radius 2 is 0.477 bits per heavy atom. The minimum absolute atomic E-state index is 0.0240. The van der Waals surface area contributed by atoms with Gasteiger partial charge >= 0.3 is 5.97 Å². The summed E-state index contributed by atoms with van der Waals surface area (Å²) in [6.45, 7) is 5.02. The van der Waals surface area contributed by atoms with Crippen molar-refractivity contribution in [1.82, 2.24) is 5.32 Å². The number of unbranched alkanes of at least 4 members (excludes halogenated alkanes) is 66. The highest BCUT2D eigenvalue weighted by Crippen LogP contribution is 2.21. The smallest absolute Gasteiger partial charge is 0.305 e. The summed E-state index contributed by atoms with van der Waals surface area (Å²) in [5, 5.41) is 23.5. The summed E-state index contributed by atoms with van der Waals surface area (Å²) in [4.78, 5) is 24.7. The molecule has 2 unspecified atom stereocenters. The van der Waals surface area contributed by atoms with E-state index in [0.717, 1.165) is 38.5 Å². The molecule has 0 saturated carbocycles. The molecule has 0 bridgehead atoms. The number of carbonyl (C=O) groups is 2. The molecule has 3 N–H and O–H groups in total. The third-order valence-corrected chi connectivity index (χ3v) is 19.4. The van der Waals surface area contributed by atoms with Gasteiger partial charge in [0.15, 0.2) is 0 Å². The van der Waals surface area contributed by atoms with E-state index in [0.29, 0.717) is 25.9 Å². The van der Waals surface area contributed by atoms with Crippen molar-refractivity contribution in [2.24, 2.45) is 0 Å². The van der Waals surface area contributed by atoms with Crippen LogP contribution in [-0.2, 0) is 14.3 Å². The molecule has 0 aliphatic rings. The van der Waals surface area contributed by atoms with Gasteiger partial charge in [-0.15, -0.1) is 0 Å². The van der Waals surface area contributed by atoms with Crippen LogP contribution in [0.5, 0.6) is 0 Å². The second kappa shape index (κ2) is 76.3. The summed E-state index contributed by atoms with van der Waals surface area (Å²) >= 11 is 0. The van der Waals surface area contributed by atoms with E-state index in [-0.39, 0.29) is 18.5 Å². The second-order valence-electron chi connectivity index (χ2n) is 28.1. The molecule has 0 aromatic heterocycles. The lowest BCUT2D eigenvalue weighted by Gasteiger charge is -2.22. The molecule has 514 valence electrons. The number of amides is 1. The first kappa shape index (κ1) is 84.9. The van der Waals surface area contributed by atoms with Crippen LogP contribution in [0, 0.1) is 0 Å². The third-order valence-electron chi connectivity index (χ3n) is 19.4. The largest absolute Gasteiger partial charge is 0.466 e. The SMILES string of the molecule is CCCCCCCCCCCCCCCCCCCCCCCC(O)C(CO)NC(=O)CCCCCCCCCCCCCCCCCCCCCCCCCCCCCCCCCCCOC(=O)CCCCCCCCCCCCCCCCC. The van der Waals surface area contributed by atoms with Gasteiger partial charge in [0, 0.05) is 12.8 Å². The van der Waals surface area contributed by atoms with Crippen LogP contribution in [0.3, 0.4) is 0 Å². The standard InChI is InChI=1S/C80H159NO5/c1-3-5-7-9-11-13-15-17-19-20-21-35-38-41-45-48-52-56-60-64-68-72-78(83)77(76-82)81-79(84)73-69-65-61-57-53-49-46-42-39-36-33-31-29-27-25-23-22-24-26-28-30-32-34-37-40-43-47-51-55-59-63-67-71-75-86-80(85)74-70-66-62-58-54-50-44-18-16-14-12-10-8-6-4-2/h77-78,82-83H,3-76H2,1-2H3,(H,81,84). The quantitative estimate of drug-likeness (QED) is 0.0417. The molecular weight excluding hydrogens is 1050 g/mol. The number of aliphatic hydroxyl groups is 2. The number of esters is 1. The predicted molar refractivity (Wildman–Crippen MR) is 380 cm³/mol. The molecular formula is C80H159NO5. The van der Waals surface area contributed by atoms with E-state index in [1.54, 1.807) is 0 Å². The number of ether oxygens (including phenoxy) is 1. The molecule has 86 heavy (non-hydrogen) atoms. The summed E-state index contributed by atoms with van der Waals surface area (Å²) in [5.41, 5.74) is 0. The fourth-order valence-electron chi connectivity index (χ4n) is 13.3. The fraction of sp³-hybridized carbons (Fsp3) is 0.975. The minimum atomic E-state index is -0.661. The topological polar surface area (TPSA) is 95.9 Å². The van der Waals surface area contributed by atoms with Gasteiger partial charge in [-0.2, -0.15) is 0 Å². The van der Waals surface area contributed by atoms with Gasteiger partial charge in [0.05, 0.1) is 25.4 Å². The Bertz CT molecular complexity index is 1260. The van der Waals surface area contributed by atoms with Crippen LogP contribution in [0.1, 0.15) is 476 Å². The molecule has 0 aliphatic carbocycles. The second-order valence-corrected chi connectivity index (χ2v) is 28.1. The van der Waals surface area contributed by atoms with Crippen molar-refractivity contribution >= 4 is 11.9 Å². The van der Waals surface area contributed by atoms with Gasteiger partial charge in [0.2, 0.25) is 5.91 Å². The minimum Gasteiger partial charge on any atom is -0.466 e. The summed E-state index contributed by atoms with van der Waals surface area (Å²) in [6, 6.07) is -0.538. The van der Waals surface area contributed by atoms with E-state index >= 15 is 0 Å². The number of hydrogen-bond acceptors (Lipinski definition) is 5. The molecule has 0 rings (SSSR count). The number of nitrogens with one attached hydrogen (secondary N) is 1. The fourth-order valence-corrected chi connectivity index (χ4v) is 13.3. The van der Waals surface area contributed by atoms with Crippen molar-refractivity contribution in [2.45, 2.75) is 488 Å². The lowest BCUT2D eigenvalue weighted by atomic mass is 10.0. The zero-order valence-electron chi connectivity index (χ0n) is 59.1. The first-order valence-corrected chi connectivity index (χ1v) is 40.3. The van der Waals surface area contributed by atoms with Crippen molar-refractivity contribution in [3.8, 4) is 0 Å². The van der Waals surface area contributed by atoms with Crippen molar-refractivity contribution < 1.29 is 24.5 Å². The molecule has 2 atom stereocenters. The number of carbonyl (C=O) groups excluding carboxylic acids is 2. The zero-order valence-corrected chi connectivity index (χ0v) is 59.1. The van der Waals surface area contributed by atoms with Crippen molar-refractivity contribution in [3.63, 3.8) is 0 Å². The maximum atomic E-state index is 12.6. The zero-order chi connectivity index (χ0) is 62.0. The van der Waals surface area contributed by atoms with E-state index in [1.807, 2.05) is 0 Å². The highest BCUT2D eigenvalue weighted by molar-refractivity contribution is 5.76. The molecule has 0 saturated heterocycles. The van der Waals surface area contributed by atoms with Gasteiger partial charge in [0.25, 0.3) is 0 Å². The highest BCUT2D eigenvalue weighted by Gasteiger charge is 2.20. The van der Waals surface area contributed by atoms with Crippen LogP contribution < -0.4 is 5.32 Å². The summed E-state index contributed by atoms with van der Waals surface area (Å²) in [7, 11) is 0. The molecule has 0 radical (unpaired) electrons. The van der Waals surface area contributed by atoms with E-state index in [1.165, 1.54) is 405 Å². The lowest BCUT2D eigenvalue weighted by Crippen LogP contribution is -2.45. The normalized spacial score (nSPS) is 12.4. The monoisotopic (exact) mass is 1210 g/mol. The third kappa shape index (κ3) is 71.9. The Labute approximate surface area is 540 Å².